The number of nitrogens with one attached hydrogen (secondary N) is 1. The number of fused-ring (bicyclic) bond motifs is 1. The van der Waals surface area contributed by atoms with Crippen molar-refractivity contribution in [1.82, 2.24) is 10.3 Å². The van der Waals surface area contributed by atoms with Crippen molar-refractivity contribution >= 4 is 23.4 Å². The number of hydrogen-bond donors (Lipinski definition) is 1. The molecule has 1 N–H and O–H groups in total. The fourth-order valence-corrected chi connectivity index (χ4v) is 4.37. The molecule has 2 unspecified atom stereocenters. The Morgan fingerprint density at radius 3 is 2.55 bits per heavy atom. The third-order valence-corrected chi connectivity index (χ3v) is 6.12. The first-order chi connectivity index (χ1) is 16.0. The minimum Gasteiger partial charge on any atom is -0.334 e. The zero-order valence-corrected chi connectivity index (χ0v) is 18.5. The van der Waals surface area contributed by atoms with Crippen molar-refractivity contribution < 1.29 is 14.4 Å². The summed E-state index contributed by atoms with van der Waals surface area (Å²) in [6.07, 6.45) is 5.79. The van der Waals surface area contributed by atoms with Crippen LogP contribution in [-0.2, 0) is 16.1 Å². The first kappa shape index (κ1) is 22.3. The molecule has 3 amide bonds. The maximum absolute atomic E-state index is 13.3. The molecule has 1 aliphatic carbocycles. The molecule has 33 heavy (non-hydrogen) atoms. The van der Waals surface area contributed by atoms with Crippen LogP contribution in [0.2, 0.25) is 0 Å². The van der Waals surface area contributed by atoms with E-state index in [1.807, 2.05) is 31.2 Å². The molecule has 0 saturated carbocycles. The molecular formula is C26H26N4O3. The Labute approximate surface area is 193 Å². The molecule has 1 aliphatic heterocycles. The monoisotopic (exact) mass is 442 g/mol. The summed E-state index contributed by atoms with van der Waals surface area (Å²) in [7, 11) is 0. The molecule has 1 fully saturated rings. The van der Waals surface area contributed by atoms with Crippen LogP contribution in [0.4, 0.5) is 5.69 Å². The summed E-state index contributed by atoms with van der Waals surface area (Å²) in [4.78, 5) is 40.8. The molecule has 0 radical (unpaired) electrons. The Hall–Kier alpha value is -3.92. The van der Waals surface area contributed by atoms with Gasteiger partial charge in [0, 0.05) is 18.7 Å². The fourth-order valence-electron chi connectivity index (χ4n) is 4.37. The molecule has 4 rings (SSSR count). The SMILES string of the molecule is CCCN(Cc1ccc(C#N)cc1)C(=O)c1cccc(N2NC(=O)C3CC=CCC3C2=O)c1. The van der Waals surface area contributed by atoms with Crippen LogP contribution in [0.25, 0.3) is 0 Å². The molecule has 0 aromatic heterocycles. The number of nitriles is 1. The lowest BCUT2D eigenvalue weighted by molar-refractivity contribution is -0.139. The lowest BCUT2D eigenvalue weighted by Gasteiger charge is -2.38. The van der Waals surface area contributed by atoms with E-state index in [0.717, 1.165) is 12.0 Å². The number of nitrogens with zero attached hydrogens (tertiary/aromatic N) is 3. The predicted molar refractivity (Wildman–Crippen MR) is 124 cm³/mol. The summed E-state index contributed by atoms with van der Waals surface area (Å²) >= 11 is 0. The molecule has 2 aromatic carbocycles. The van der Waals surface area contributed by atoms with Gasteiger partial charge in [-0.3, -0.25) is 19.8 Å². The van der Waals surface area contributed by atoms with Crippen molar-refractivity contribution in [2.75, 3.05) is 11.6 Å². The van der Waals surface area contributed by atoms with E-state index < -0.39 is 0 Å². The van der Waals surface area contributed by atoms with Gasteiger partial charge in [0.15, 0.2) is 0 Å². The van der Waals surface area contributed by atoms with Gasteiger partial charge in [0.25, 0.3) is 5.91 Å². The molecule has 168 valence electrons. The number of rotatable bonds is 6. The molecule has 1 heterocycles. The standard InChI is InChI=1S/C26H26N4O3/c1-2-14-29(17-19-12-10-18(16-27)11-13-19)25(32)20-6-5-7-21(15-20)30-26(33)23-9-4-3-8-22(23)24(31)28-30/h3-7,10-13,15,22-23H,2,8-9,14,17H2,1H3,(H,28,31). The number of allylic oxidation sites excluding steroid dienone is 2. The molecule has 2 atom stereocenters. The minimum absolute atomic E-state index is 0.155. The van der Waals surface area contributed by atoms with Crippen molar-refractivity contribution in [2.45, 2.75) is 32.7 Å². The van der Waals surface area contributed by atoms with Crippen LogP contribution in [0.1, 0.15) is 47.7 Å². The van der Waals surface area contributed by atoms with Gasteiger partial charge in [-0.15, -0.1) is 0 Å². The highest BCUT2D eigenvalue weighted by atomic mass is 16.2. The molecule has 2 aliphatic rings. The van der Waals surface area contributed by atoms with Crippen molar-refractivity contribution in [3.63, 3.8) is 0 Å². The first-order valence-corrected chi connectivity index (χ1v) is 11.2. The smallest absolute Gasteiger partial charge is 0.254 e. The Morgan fingerprint density at radius 2 is 1.85 bits per heavy atom. The van der Waals surface area contributed by atoms with Gasteiger partial charge in [0.2, 0.25) is 11.8 Å². The Kier molecular flexibility index (Phi) is 6.55. The van der Waals surface area contributed by atoms with E-state index in [0.29, 0.717) is 42.7 Å². The van der Waals surface area contributed by atoms with Crippen molar-refractivity contribution in [3.8, 4) is 6.07 Å². The Morgan fingerprint density at radius 1 is 1.12 bits per heavy atom. The van der Waals surface area contributed by atoms with Crippen LogP contribution < -0.4 is 10.4 Å². The van der Waals surface area contributed by atoms with Gasteiger partial charge in [-0.25, -0.2) is 5.01 Å². The van der Waals surface area contributed by atoms with E-state index in [9.17, 15) is 14.4 Å². The summed E-state index contributed by atoms with van der Waals surface area (Å²) in [5, 5.41) is 10.3. The lowest BCUT2D eigenvalue weighted by Crippen LogP contribution is -2.59. The lowest BCUT2D eigenvalue weighted by atomic mass is 9.80. The number of hydrazine groups is 1. The van der Waals surface area contributed by atoms with Crippen LogP contribution in [0, 0.1) is 23.2 Å². The van der Waals surface area contributed by atoms with Crippen molar-refractivity contribution in [1.29, 1.82) is 5.26 Å². The van der Waals surface area contributed by atoms with E-state index in [1.165, 1.54) is 5.01 Å². The Balaban J connectivity index is 1.55. The maximum Gasteiger partial charge on any atom is 0.254 e. The largest absolute Gasteiger partial charge is 0.334 e. The maximum atomic E-state index is 13.3. The van der Waals surface area contributed by atoms with Crippen LogP contribution in [-0.4, -0.2) is 29.2 Å². The first-order valence-electron chi connectivity index (χ1n) is 11.2. The van der Waals surface area contributed by atoms with E-state index in [-0.39, 0.29) is 29.6 Å². The normalized spacial score (nSPS) is 19.5. The highest BCUT2D eigenvalue weighted by Crippen LogP contribution is 2.32. The number of anilines is 1. The van der Waals surface area contributed by atoms with Gasteiger partial charge in [0.1, 0.15) is 0 Å². The second-order valence-corrected chi connectivity index (χ2v) is 8.39. The summed E-state index contributed by atoms with van der Waals surface area (Å²) < 4.78 is 0. The summed E-state index contributed by atoms with van der Waals surface area (Å²) in [5.41, 5.74) is 5.14. The highest BCUT2D eigenvalue weighted by Gasteiger charge is 2.42. The zero-order chi connectivity index (χ0) is 23.4. The number of carbonyl (C=O) groups is 3. The molecule has 7 heteroatoms. The average molecular weight is 443 g/mol. The van der Waals surface area contributed by atoms with Crippen LogP contribution in [0.3, 0.4) is 0 Å². The zero-order valence-electron chi connectivity index (χ0n) is 18.5. The van der Waals surface area contributed by atoms with E-state index in [4.69, 9.17) is 5.26 Å². The molecule has 7 nitrogen and oxygen atoms in total. The minimum atomic E-state index is -0.379. The fraction of sp³-hybridized carbons (Fsp3) is 0.308. The van der Waals surface area contributed by atoms with Gasteiger partial charge in [0.05, 0.1) is 29.2 Å². The number of amides is 3. The Bertz CT molecular complexity index is 1130. The summed E-state index contributed by atoms with van der Waals surface area (Å²) in [6, 6.07) is 16.1. The van der Waals surface area contributed by atoms with Crippen molar-refractivity contribution in [2.24, 2.45) is 11.8 Å². The van der Waals surface area contributed by atoms with Gasteiger partial charge < -0.3 is 4.90 Å². The summed E-state index contributed by atoms with van der Waals surface area (Å²) in [5.74, 6) is -1.20. The predicted octanol–water partition coefficient (Wildman–Crippen LogP) is 3.57. The summed E-state index contributed by atoms with van der Waals surface area (Å²) in [6.45, 7) is 2.99. The number of carbonyl (C=O) groups excluding carboxylic acids is 3. The number of hydrogen-bond acceptors (Lipinski definition) is 4. The van der Waals surface area contributed by atoms with Gasteiger partial charge in [-0.05, 0) is 55.2 Å². The van der Waals surface area contributed by atoms with Crippen LogP contribution in [0.5, 0.6) is 0 Å². The van der Waals surface area contributed by atoms with Gasteiger partial charge in [-0.1, -0.05) is 37.3 Å². The second kappa shape index (κ2) is 9.70. The number of benzene rings is 2. The molecule has 0 bridgehead atoms. The van der Waals surface area contributed by atoms with E-state index >= 15 is 0 Å². The van der Waals surface area contributed by atoms with E-state index in [2.05, 4.69) is 11.5 Å². The van der Waals surface area contributed by atoms with E-state index in [1.54, 1.807) is 41.3 Å². The average Bonchev–Trinajstić information content (AvgIpc) is 2.86. The second-order valence-electron chi connectivity index (χ2n) is 8.39. The molecule has 2 aromatic rings. The van der Waals surface area contributed by atoms with Crippen LogP contribution >= 0.6 is 0 Å². The highest BCUT2D eigenvalue weighted by molar-refractivity contribution is 6.05. The third kappa shape index (κ3) is 4.65. The quantitative estimate of drug-likeness (QED) is 0.692. The van der Waals surface area contributed by atoms with Crippen LogP contribution in [0.15, 0.2) is 60.7 Å². The van der Waals surface area contributed by atoms with Crippen molar-refractivity contribution in [3.05, 3.63) is 77.4 Å². The molecule has 0 spiro atoms. The molecule has 1 saturated heterocycles. The van der Waals surface area contributed by atoms with Gasteiger partial charge >= 0.3 is 0 Å². The van der Waals surface area contributed by atoms with Gasteiger partial charge in [-0.2, -0.15) is 5.26 Å². The topological polar surface area (TPSA) is 93.5 Å². The molecular weight excluding hydrogens is 416 g/mol. The third-order valence-electron chi connectivity index (χ3n) is 6.12.